The molecule has 0 spiro atoms. The maximum Gasteiger partial charge on any atom is 0.0593 e. The molecular formula is C12H26N2O. The maximum absolute atomic E-state index is 6.07. The summed E-state index contributed by atoms with van der Waals surface area (Å²) in [5.74, 6) is 0.685. The highest BCUT2D eigenvalue weighted by Gasteiger charge is 2.24. The molecule has 0 aliphatic carbocycles. The van der Waals surface area contributed by atoms with Gasteiger partial charge in [-0.3, -0.25) is 0 Å². The van der Waals surface area contributed by atoms with Crippen molar-refractivity contribution in [1.29, 1.82) is 0 Å². The second-order valence-corrected chi connectivity index (χ2v) is 4.53. The molecular weight excluding hydrogens is 188 g/mol. The average molecular weight is 214 g/mol. The lowest BCUT2D eigenvalue weighted by atomic mass is 9.91. The number of ether oxygens (including phenoxy) is 1. The monoisotopic (exact) mass is 214 g/mol. The van der Waals surface area contributed by atoms with E-state index in [1.165, 1.54) is 6.42 Å². The zero-order valence-electron chi connectivity index (χ0n) is 10.2. The molecule has 1 rings (SSSR count). The molecule has 2 N–H and O–H groups in total. The van der Waals surface area contributed by atoms with E-state index in [1.807, 2.05) is 0 Å². The van der Waals surface area contributed by atoms with Crippen LogP contribution < -0.4 is 5.73 Å². The Morgan fingerprint density at radius 2 is 2.13 bits per heavy atom. The molecule has 0 radical (unpaired) electrons. The SMILES string of the molecule is CCCOCCN1CCC(N)C(CC)C1. The Morgan fingerprint density at radius 3 is 2.80 bits per heavy atom. The number of nitrogens with two attached hydrogens (primary N) is 1. The molecule has 1 aliphatic rings. The van der Waals surface area contributed by atoms with E-state index in [9.17, 15) is 0 Å². The van der Waals surface area contributed by atoms with Crippen LogP contribution in [-0.4, -0.2) is 43.8 Å². The van der Waals surface area contributed by atoms with Gasteiger partial charge in [0, 0.05) is 25.7 Å². The first-order chi connectivity index (χ1) is 7.27. The Balaban J connectivity index is 2.14. The van der Waals surface area contributed by atoms with Crippen molar-refractivity contribution in [2.75, 3.05) is 32.8 Å². The highest BCUT2D eigenvalue weighted by atomic mass is 16.5. The average Bonchev–Trinajstić information content (AvgIpc) is 2.26. The van der Waals surface area contributed by atoms with E-state index in [4.69, 9.17) is 10.5 Å². The molecule has 1 fully saturated rings. The molecule has 3 nitrogen and oxygen atoms in total. The van der Waals surface area contributed by atoms with E-state index < -0.39 is 0 Å². The van der Waals surface area contributed by atoms with E-state index in [2.05, 4.69) is 18.7 Å². The number of rotatable bonds is 6. The fourth-order valence-electron chi connectivity index (χ4n) is 2.20. The first-order valence-corrected chi connectivity index (χ1v) is 6.33. The summed E-state index contributed by atoms with van der Waals surface area (Å²) >= 11 is 0. The Labute approximate surface area is 94.0 Å². The summed E-state index contributed by atoms with van der Waals surface area (Å²) in [6, 6.07) is 0.419. The van der Waals surface area contributed by atoms with Crippen molar-refractivity contribution in [1.82, 2.24) is 4.90 Å². The van der Waals surface area contributed by atoms with E-state index >= 15 is 0 Å². The zero-order valence-corrected chi connectivity index (χ0v) is 10.2. The lowest BCUT2D eigenvalue weighted by molar-refractivity contribution is 0.0792. The van der Waals surface area contributed by atoms with Crippen LogP contribution in [0.5, 0.6) is 0 Å². The Kier molecular flexibility index (Phi) is 6.22. The Hall–Kier alpha value is -0.120. The molecule has 2 unspecified atom stereocenters. The molecule has 3 heteroatoms. The summed E-state index contributed by atoms with van der Waals surface area (Å²) in [4.78, 5) is 2.49. The van der Waals surface area contributed by atoms with Crippen LogP contribution in [0.1, 0.15) is 33.1 Å². The molecule has 0 aromatic carbocycles. The maximum atomic E-state index is 6.07. The third-order valence-corrected chi connectivity index (χ3v) is 3.30. The highest BCUT2D eigenvalue weighted by molar-refractivity contribution is 4.81. The van der Waals surface area contributed by atoms with Crippen LogP contribution in [0.25, 0.3) is 0 Å². The van der Waals surface area contributed by atoms with Crippen molar-refractivity contribution in [3.63, 3.8) is 0 Å². The molecule has 1 aliphatic heterocycles. The van der Waals surface area contributed by atoms with Gasteiger partial charge in [0.15, 0.2) is 0 Å². The summed E-state index contributed by atoms with van der Waals surface area (Å²) in [7, 11) is 0. The molecule has 1 saturated heterocycles. The van der Waals surface area contributed by atoms with E-state index in [0.717, 1.165) is 45.7 Å². The van der Waals surface area contributed by atoms with Crippen LogP contribution in [0.2, 0.25) is 0 Å². The number of hydrogen-bond acceptors (Lipinski definition) is 3. The van der Waals surface area contributed by atoms with Gasteiger partial charge < -0.3 is 15.4 Å². The topological polar surface area (TPSA) is 38.5 Å². The molecule has 0 bridgehead atoms. The predicted octanol–water partition coefficient (Wildman–Crippen LogP) is 1.47. The summed E-state index contributed by atoms with van der Waals surface area (Å²) in [6.45, 7) is 9.53. The first-order valence-electron chi connectivity index (χ1n) is 6.33. The lowest BCUT2D eigenvalue weighted by Crippen LogP contribution is -2.47. The molecule has 0 saturated carbocycles. The van der Waals surface area contributed by atoms with Crippen LogP contribution in [0.3, 0.4) is 0 Å². The van der Waals surface area contributed by atoms with Crippen LogP contribution in [0, 0.1) is 5.92 Å². The van der Waals surface area contributed by atoms with Crippen LogP contribution in [-0.2, 0) is 4.74 Å². The zero-order chi connectivity index (χ0) is 11.1. The van der Waals surface area contributed by atoms with Crippen molar-refractivity contribution in [3.05, 3.63) is 0 Å². The molecule has 0 amide bonds. The summed E-state index contributed by atoms with van der Waals surface area (Å²) in [5.41, 5.74) is 6.07. The quantitative estimate of drug-likeness (QED) is 0.681. The van der Waals surface area contributed by atoms with Gasteiger partial charge in [0.2, 0.25) is 0 Å². The predicted molar refractivity (Wildman–Crippen MR) is 63.9 cm³/mol. The van der Waals surface area contributed by atoms with Gasteiger partial charge in [-0.1, -0.05) is 20.3 Å². The molecule has 0 aromatic heterocycles. The summed E-state index contributed by atoms with van der Waals surface area (Å²) in [6.07, 6.45) is 3.46. The van der Waals surface area contributed by atoms with Crippen molar-refractivity contribution in [2.24, 2.45) is 11.7 Å². The normalized spacial score (nSPS) is 28.2. The van der Waals surface area contributed by atoms with E-state index in [1.54, 1.807) is 0 Å². The Bertz CT molecular complexity index is 164. The second kappa shape index (κ2) is 7.20. The summed E-state index contributed by atoms with van der Waals surface area (Å²) in [5, 5.41) is 0. The van der Waals surface area contributed by atoms with Crippen molar-refractivity contribution in [3.8, 4) is 0 Å². The van der Waals surface area contributed by atoms with Gasteiger partial charge in [-0.15, -0.1) is 0 Å². The van der Waals surface area contributed by atoms with Crippen LogP contribution >= 0.6 is 0 Å². The van der Waals surface area contributed by atoms with Gasteiger partial charge in [0.05, 0.1) is 6.61 Å². The standard InChI is InChI=1S/C12H26N2O/c1-3-8-15-9-7-14-6-5-12(13)11(4-2)10-14/h11-12H,3-10,13H2,1-2H3. The van der Waals surface area contributed by atoms with Gasteiger partial charge in [-0.2, -0.15) is 0 Å². The van der Waals surface area contributed by atoms with Gasteiger partial charge in [-0.05, 0) is 25.3 Å². The van der Waals surface area contributed by atoms with Gasteiger partial charge >= 0.3 is 0 Å². The van der Waals surface area contributed by atoms with E-state index in [0.29, 0.717) is 12.0 Å². The van der Waals surface area contributed by atoms with Gasteiger partial charge in [0.25, 0.3) is 0 Å². The minimum atomic E-state index is 0.419. The molecule has 0 aromatic rings. The minimum absolute atomic E-state index is 0.419. The molecule has 2 atom stereocenters. The van der Waals surface area contributed by atoms with Gasteiger partial charge in [0.1, 0.15) is 0 Å². The lowest BCUT2D eigenvalue weighted by Gasteiger charge is -2.36. The fourth-order valence-corrected chi connectivity index (χ4v) is 2.20. The Morgan fingerprint density at radius 1 is 1.33 bits per heavy atom. The third kappa shape index (κ3) is 4.49. The molecule has 1 heterocycles. The smallest absolute Gasteiger partial charge is 0.0593 e. The number of nitrogens with zero attached hydrogens (tertiary/aromatic N) is 1. The minimum Gasteiger partial charge on any atom is -0.380 e. The van der Waals surface area contributed by atoms with Crippen LogP contribution in [0.4, 0.5) is 0 Å². The highest BCUT2D eigenvalue weighted by Crippen LogP contribution is 2.17. The van der Waals surface area contributed by atoms with Crippen molar-refractivity contribution < 1.29 is 4.74 Å². The number of likely N-dealkylation sites (tertiary alicyclic amines) is 1. The number of piperidine rings is 1. The van der Waals surface area contributed by atoms with Gasteiger partial charge in [-0.25, -0.2) is 0 Å². The van der Waals surface area contributed by atoms with E-state index in [-0.39, 0.29) is 0 Å². The second-order valence-electron chi connectivity index (χ2n) is 4.53. The molecule has 15 heavy (non-hydrogen) atoms. The summed E-state index contributed by atoms with van der Waals surface area (Å²) < 4.78 is 5.51. The molecule has 90 valence electrons. The van der Waals surface area contributed by atoms with Crippen LogP contribution in [0.15, 0.2) is 0 Å². The number of hydrogen-bond donors (Lipinski definition) is 1. The third-order valence-electron chi connectivity index (χ3n) is 3.30. The fraction of sp³-hybridized carbons (Fsp3) is 1.00. The van der Waals surface area contributed by atoms with Crippen molar-refractivity contribution >= 4 is 0 Å². The largest absolute Gasteiger partial charge is 0.380 e. The van der Waals surface area contributed by atoms with Crippen molar-refractivity contribution in [2.45, 2.75) is 39.2 Å². The first kappa shape index (κ1) is 12.9.